The summed E-state index contributed by atoms with van der Waals surface area (Å²) < 4.78 is 55.3. The van der Waals surface area contributed by atoms with Crippen molar-refractivity contribution in [2.45, 2.75) is 56.5 Å². The van der Waals surface area contributed by atoms with Crippen LogP contribution in [0.3, 0.4) is 0 Å². The van der Waals surface area contributed by atoms with E-state index in [1.54, 1.807) is 19.1 Å². The molecule has 1 aromatic carbocycles. The molecule has 1 heterocycles. The molecule has 2 N–H and O–H groups in total. The predicted octanol–water partition coefficient (Wildman–Crippen LogP) is 3.63. The summed E-state index contributed by atoms with van der Waals surface area (Å²) in [5.41, 5.74) is 1.53. The number of hydrogen-bond donors (Lipinski definition) is 1. The van der Waals surface area contributed by atoms with Crippen LogP contribution in [-0.4, -0.2) is 45.3 Å². The van der Waals surface area contributed by atoms with Crippen LogP contribution in [0, 0.1) is 0 Å². The van der Waals surface area contributed by atoms with E-state index in [-0.39, 0.29) is 16.9 Å². The van der Waals surface area contributed by atoms with Gasteiger partial charge in [0, 0.05) is 23.5 Å². The second kappa shape index (κ2) is 9.39. The maximum Gasteiger partial charge on any atom is 0.422 e. The Morgan fingerprint density at radius 2 is 1.86 bits per heavy atom. The lowest BCUT2D eigenvalue weighted by Gasteiger charge is -2.19. The van der Waals surface area contributed by atoms with Gasteiger partial charge in [0.25, 0.3) is 0 Å². The molecule has 0 aliphatic rings. The van der Waals surface area contributed by atoms with E-state index in [9.17, 15) is 17.4 Å². The van der Waals surface area contributed by atoms with Crippen LogP contribution in [0.2, 0.25) is 19.6 Å². The summed E-state index contributed by atoms with van der Waals surface area (Å²) in [5, 5.41) is 13.8. The summed E-state index contributed by atoms with van der Waals surface area (Å²) in [6, 6.07) is 6.37. The van der Waals surface area contributed by atoms with E-state index < -0.39 is 31.8 Å². The zero-order valence-corrected chi connectivity index (χ0v) is 18.8. The number of nitrogens with two attached hydrogens (primary N) is 1. The molecule has 2 rings (SSSR count). The van der Waals surface area contributed by atoms with Crippen LogP contribution < -0.4 is 9.88 Å². The van der Waals surface area contributed by atoms with E-state index >= 15 is 0 Å². The number of benzene rings is 1. The van der Waals surface area contributed by atoms with Crippen molar-refractivity contribution in [3.63, 3.8) is 0 Å². The molecular formula is C18H27F3N4O2SSi. The molecule has 3 atom stereocenters. The Morgan fingerprint density at radius 1 is 1.24 bits per heavy atom. The topological polar surface area (TPSA) is 83.0 Å². The van der Waals surface area contributed by atoms with E-state index in [4.69, 9.17) is 9.88 Å². The molecule has 162 valence electrons. The highest BCUT2D eigenvalue weighted by Crippen LogP contribution is 2.30. The van der Waals surface area contributed by atoms with Gasteiger partial charge in [-0.05, 0) is 31.0 Å². The van der Waals surface area contributed by atoms with E-state index in [1.807, 2.05) is 10.9 Å². The molecule has 2 unspecified atom stereocenters. The number of rotatable bonds is 9. The molecule has 0 saturated carbocycles. The Hall–Kier alpha value is -1.72. The van der Waals surface area contributed by atoms with Gasteiger partial charge in [0.1, 0.15) is 5.75 Å². The number of halogens is 3. The first-order chi connectivity index (χ1) is 13.3. The highest BCUT2D eigenvalue weighted by atomic mass is 32.2. The van der Waals surface area contributed by atoms with Crippen molar-refractivity contribution in [1.29, 1.82) is 0 Å². The Labute approximate surface area is 172 Å². The summed E-state index contributed by atoms with van der Waals surface area (Å²) in [6.07, 6.45) is -1.23. The summed E-state index contributed by atoms with van der Waals surface area (Å²) in [6.45, 7) is 7.13. The summed E-state index contributed by atoms with van der Waals surface area (Å²) in [7, 11) is -2.90. The van der Waals surface area contributed by atoms with E-state index in [1.165, 1.54) is 12.1 Å². The Morgan fingerprint density at radius 3 is 2.38 bits per heavy atom. The minimum atomic E-state index is -4.39. The van der Waals surface area contributed by atoms with Gasteiger partial charge in [-0.2, -0.15) is 13.2 Å². The summed E-state index contributed by atoms with van der Waals surface area (Å²) >= 11 is 0. The van der Waals surface area contributed by atoms with E-state index in [0.29, 0.717) is 12.1 Å². The second-order valence-electron chi connectivity index (χ2n) is 8.30. The third kappa shape index (κ3) is 7.90. The standard InChI is InChI=1S/C18H27F3N4O2SSi/c1-13(28(22)26)9-16(17-10-25(24-23-17)12-29(2,3)4)14-5-7-15(8-6-14)27-11-18(19,20)21/h5-8,10,13,16H,9,11-12,22H2,1-4H3/t13?,16-,28?/m0/s1. The molecule has 0 radical (unpaired) electrons. The molecule has 0 saturated heterocycles. The smallest absolute Gasteiger partial charge is 0.422 e. The highest BCUT2D eigenvalue weighted by molar-refractivity contribution is 7.83. The first-order valence-corrected chi connectivity index (χ1v) is 14.2. The van der Waals surface area contributed by atoms with Gasteiger partial charge in [0.15, 0.2) is 6.61 Å². The number of ether oxygens (including phenoxy) is 1. The molecular weight excluding hydrogens is 421 g/mol. The van der Waals surface area contributed by atoms with Gasteiger partial charge in [-0.15, -0.1) is 5.10 Å². The maximum atomic E-state index is 12.3. The first kappa shape index (κ1) is 23.6. The lowest BCUT2D eigenvalue weighted by molar-refractivity contribution is -0.153. The Bertz CT molecular complexity index is 822. The lowest BCUT2D eigenvalue weighted by Crippen LogP contribution is -2.28. The Kier molecular flexibility index (Phi) is 7.63. The van der Waals surface area contributed by atoms with Crippen LogP contribution in [0.15, 0.2) is 30.5 Å². The largest absolute Gasteiger partial charge is 0.484 e. The van der Waals surface area contributed by atoms with Crippen LogP contribution in [0.4, 0.5) is 13.2 Å². The molecule has 0 bridgehead atoms. The van der Waals surface area contributed by atoms with Crippen LogP contribution in [-0.2, 0) is 17.2 Å². The van der Waals surface area contributed by atoms with Gasteiger partial charge in [-0.1, -0.05) is 37.0 Å². The van der Waals surface area contributed by atoms with Crippen molar-refractivity contribution in [3.8, 4) is 5.75 Å². The van der Waals surface area contributed by atoms with Crippen molar-refractivity contribution < 1.29 is 22.1 Å². The fourth-order valence-electron chi connectivity index (χ4n) is 2.85. The molecule has 6 nitrogen and oxygen atoms in total. The SMILES string of the molecule is CC(C[C@@H](c1ccc(OCC(F)(F)F)cc1)c1cn(C[Si](C)(C)C)nn1)S(N)=O. The molecule has 0 aliphatic carbocycles. The molecule has 2 aromatic rings. The summed E-state index contributed by atoms with van der Waals surface area (Å²) in [4.78, 5) is 0. The van der Waals surface area contributed by atoms with Gasteiger partial charge >= 0.3 is 6.18 Å². The molecule has 0 amide bonds. The van der Waals surface area contributed by atoms with Crippen LogP contribution >= 0.6 is 0 Å². The van der Waals surface area contributed by atoms with Gasteiger partial charge in [-0.3, -0.25) is 9.82 Å². The van der Waals surface area contributed by atoms with Gasteiger partial charge in [0.2, 0.25) is 0 Å². The van der Waals surface area contributed by atoms with Gasteiger partial charge < -0.3 is 4.74 Å². The molecule has 11 heteroatoms. The van der Waals surface area contributed by atoms with Gasteiger partial charge in [-0.25, -0.2) is 4.21 Å². The third-order valence-electron chi connectivity index (χ3n) is 4.20. The van der Waals surface area contributed by atoms with Crippen molar-refractivity contribution in [2.24, 2.45) is 5.14 Å². The average Bonchev–Trinajstić information content (AvgIpc) is 3.03. The number of alkyl halides is 3. The van der Waals surface area contributed by atoms with Crippen LogP contribution in [0.25, 0.3) is 0 Å². The fourth-order valence-corrected chi connectivity index (χ4v) is 4.36. The highest BCUT2D eigenvalue weighted by Gasteiger charge is 2.28. The zero-order chi connectivity index (χ0) is 21.8. The van der Waals surface area contributed by atoms with E-state index in [2.05, 4.69) is 30.0 Å². The second-order valence-corrected chi connectivity index (χ2v) is 15.2. The molecule has 0 fully saturated rings. The minimum absolute atomic E-state index is 0.127. The number of hydrogen-bond acceptors (Lipinski definition) is 4. The monoisotopic (exact) mass is 448 g/mol. The molecule has 29 heavy (non-hydrogen) atoms. The number of aromatic nitrogens is 3. The molecule has 0 aliphatic heterocycles. The van der Waals surface area contributed by atoms with Crippen molar-refractivity contribution in [1.82, 2.24) is 15.0 Å². The zero-order valence-electron chi connectivity index (χ0n) is 16.9. The Balaban J connectivity index is 2.25. The first-order valence-electron chi connectivity index (χ1n) is 9.18. The number of nitrogens with zero attached hydrogens (tertiary/aromatic N) is 3. The van der Waals surface area contributed by atoms with Crippen molar-refractivity contribution >= 4 is 19.1 Å². The maximum absolute atomic E-state index is 12.3. The summed E-state index contributed by atoms with van der Waals surface area (Å²) in [5.74, 6) is -0.104. The van der Waals surface area contributed by atoms with Gasteiger partial charge in [0.05, 0.1) is 24.8 Å². The van der Waals surface area contributed by atoms with Crippen LogP contribution in [0.5, 0.6) is 5.75 Å². The molecule has 1 aromatic heterocycles. The van der Waals surface area contributed by atoms with E-state index in [0.717, 1.165) is 11.7 Å². The predicted molar refractivity (Wildman–Crippen MR) is 110 cm³/mol. The minimum Gasteiger partial charge on any atom is -0.484 e. The fraction of sp³-hybridized carbons (Fsp3) is 0.556. The molecule has 0 spiro atoms. The van der Waals surface area contributed by atoms with Crippen molar-refractivity contribution in [2.75, 3.05) is 6.61 Å². The van der Waals surface area contributed by atoms with Crippen molar-refractivity contribution in [3.05, 3.63) is 41.7 Å². The van der Waals surface area contributed by atoms with Crippen LogP contribution in [0.1, 0.15) is 30.5 Å². The quantitative estimate of drug-likeness (QED) is 0.594. The lowest BCUT2D eigenvalue weighted by atomic mass is 9.91. The average molecular weight is 449 g/mol. The normalized spacial score (nSPS) is 15.7. The third-order valence-corrected chi connectivity index (χ3v) is 6.46.